The van der Waals surface area contributed by atoms with Crippen LogP contribution in [-0.2, 0) is 14.3 Å². The van der Waals surface area contributed by atoms with Crippen LogP contribution in [0.15, 0.2) is 23.1 Å². The van der Waals surface area contributed by atoms with Gasteiger partial charge in [-0.3, -0.25) is 14.5 Å². The maximum atomic E-state index is 12.7. The molecule has 0 aliphatic carbocycles. The molecule has 2 rings (SSSR count). The lowest BCUT2D eigenvalue weighted by atomic mass is 10.1. The van der Waals surface area contributed by atoms with E-state index >= 15 is 0 Å². The monoisotopic (exact) mass is 451 g/mol. The highest BCUT2D eigenvalue weighted by molar-refractivity contribution is 8.26. The Hall–Kier alpha value is -2.06. The van der Waals surface area contributed by atoms with Crippen LogP contribution in [0.1, 0.15) is 51.0 Å². The number of benzene rings is 1. The second-order valence-corrected chi connectivity index (χ2v) is 8.51. The number of hydrogen-bond donors (Lipinski definition) is 0. The highest BCUT2D eigenvalue weighted by Crippen LogP contribution is 2.34. The number of thioether (sulfide) groups is 1. The molecule has 0 radical (unpaired) electrons. The molecule has 0 unspecified atom stereocenters. The lowest BCUT2D eigenvalue weighted by molar-refractivity contribution is -0.143. The normalized spacial score (nSPS) is 15.0. The minimum atomic E-state index is -0.146. The number of carbonyl (C=O) groups is 2. The Bertz CT molecular complexity index is 794. The standard InChI is InChI=1S/C22H29NO5S2/c1-4-5-13-28-20(24)9-7-6-8-12-23-21(25)19(30-22(23)29)15-16-10-11-17(26-2)18(14-16)27-3/h10-11,14-15H,4-9,12-13H2,1-3H3/b19-15-. The fourth-order valence-electron chi connectivity index (χ4n) is 2.91. The van der Waals surface area contributed by atoms with E-state index in [1.165, 1.54) is 11.8 Å². The average Bonchev–Trinajstić information content (AvgIpc) is 3.00. The number of unbranched alkanes of at least 4 members (excludes halogenated alkanes) is 3. The Kier molecular flexibility index (Phi) is 10.2. The molecule has 1 aromatic rings. The predicted octanol–water partition coefficient (Wildman–Crippen LogP) is 4.81. The van der Waals surface area contributed by atoms with Gasteiger partial charge in [0.05, 0.1) is 25.7 Å². The van der Waals surface area contributed by atoms with Crippen LogP contribution in [0.2, 0.25) is 0 Å². The third-order valence-corrected chi connectivity index (χ3v) is 5.98. The lowest BCUT2D eigenvalue weighted by Crippen LogP contribution is -2.29. The predicted molar refractivity (Wildman–Crippen MR) is 124 cm³/mol. The first-order valence-corrected chi connectivity index (χ1v) is 11.4. The minimum Gasteiger partial charge on any atom is -0.493 e. The van der Waals surface area contributed by atoms with Crippen molar-refractivity contribution in [2.45, 2.75) is 45.4 Å². The van der Waals surface area contributed by atoms with Crippen molar-refractivity contribution in [2.75, 3.05) is 27.4 Å². The van der Waals surface area contributed by atoms with Gasteiger partial charge >= 0.3 is 5.97 Å². The Morgan fingerprint density at radius 3 is 2.60 bits per heavy atom. The van der Waals surface area contributed by atoms with Gasteiger partial charge in [0.1, 0.15) is 4.32 Å². The number of thiocarbonyl (C=S) groups is 1. The number of methoxy groups -OCH3 is 2. The van der Waals surface area contributed by atoms with Crippen molar-refractivity contribution in [2.24, 2.45) is 0 Å². The van der Waals surface area contributed by atoms with E-state index < -0.39 is 0 Å². The van der Waals surface area contributed by atoms with Crippen LogP contribution >= 0.6 is 24.0 Å². The van der Waals surface area contributed by atoms with E-state index in [0.717, 1.165) is 37.7 Å². The number of hydrogen-bond acceptors (Lipinski definition) is 7. The Morgan fingerprint density at radius 2 is 1.90 bits per heavy atom. The summed E-state index contributed by atoms with van der Waals surface area (Å²) in [6.45, 7) is 3.11. The molecule has 0 N–H and O–H groups in total. The van der Waals surface area contributed by atoms with E-state index in [1.807, 2.05) is 18.2 Å². The van der Waals surface area contributed by atoms with Gasteiger partial charge in [0.25, 0.3) is 5.91 Å². The van der Waals surface area contributed by atoms with Gasteiger partial charge in [0, 0.05) is 13.0 Å². The van der Waals surface area contributed by atoms with Gasteiger partial charge in [-0.1, -0.05) is 49.8 Å². The zero-order valence-electron chi connectivity index (χ0n) is 17.8. The number of rotatable bonds is 12. The number of esters is 1. The average molecular weight is 452 g/mol. The van der Waals surface area contributed by atoms with Crippen LogP contribution in [-0.4, -0.2) is 48.5 Å². The van der Waals surface area contributed by atoms with E-state index in [0.29, 0.717) is 40.3 Å². The summed E-state index contributed by atoms with van der Waals surface area (Å²) in [4.78, 5) is 26.6. The molecule has 8 heteroatoms. The number of amides is 1. The van der Waals surface area contributed by atoms with Crippen LogP contribution in [0.4, 0.5) is 0 Å². The SMILES string of the molecule is CCCCOC(=O)CCCCCN1C(=O)/C(=C/c2ccc(OC)c(OC)c2)SC1=S. The summed E-state index contributed by atoms with van der Waals surface area (Å²) < 4.78 is 16.3. The van der Waals surface area contributed by atoms with Crippen molar-refractivity contribution in [3.05, 3.63) is 28.7 Å². The molecule has 1 amide bonds. The molecule has 1 heterocycles. The molecular weight excluding hydrogens is 422 g/mol. The molecular formula is C22H29NO5S2. The molecule has 1 saturated heterocycles. The largest absolute Gasteiger partial charge is 0.493 e. The van der Waals surface area contributed by atoms with Gasteiger partial charge in [-0.2, -0.15) is 0 Å². The maximum Gasteiger partial charge on any atom is 0.305 e. The number of carbonyl (C=O) groups excluding carboxylic acids is 2. The lowest BCUT2D eigenvalue weighted by Gasteiger charge is -2.14. The molecule has 0 saturated carbocycles. The first kappa shape index (κ1) is 24.2. The van der Waals surface area contributed by atoms with Gasteiger partial charge in [-0.15, -0.1) is 0 Å². The van der Waals surface area contributed by atoms with Gasteiger partial charge in [0.15, 0.2) is 11.5 Å². The van der Waals surface area contributed by atoms with Crippen molar-refractivity contribution in [1.29, 1.82) is 0 Å². The third kappa shape index (κ3) is 7.02. The molecule has 0 aromatic heterocycles. The van der Waals surface area contributed by atoms with Crippen molar-refractivity contribution in [3.8, 4) is 11.5 Å². The van der Waals surface area contributed by atoms with E-state index in [9.17, 15) is 9.59 Å². The summed E-state index contributed by atoms with van der Waals surface area (Å²) in [6, 6.07) is 5.50. The second kappa shape index (κ2) is 12.6. The van der Waals surface area contributed by atoms with E-state index in [2.05, 4.69) is 6.92 Å². The maximum absolute atomic E-state index is 12.7. The topological polar surface area (TPSA) is 65.1 Å². The minimum absolute atomic E-state index is 0.0845. The van der Waals surface area contributed by atoms with Crippen molar-refractivity contribution in [3.63, 3.8) is 0 Å². The van der Waals surface area contributed by atoms with Crippen LogP contribution in [0.5, 0.6) is 11.5 Å². The van der Waals surface area contributed by atoms with Gasteiger partial charge in [0.2, 0.25) is 0 Å². The number of ether oxygens (including phenoxy) is 3. The molecule has 0 spiro atoms. The fraction of sp³-hybridized carbons (Fsp3) is 0.500. The highest BCUT2D eigenvalue weighted by Gasteiger charge is 2.31. The summed E-state index contributed by atoms with van der Waals surface area (Å²) in [5.41, 5.74) is 0.842. The summed E-state index contributed by atoms with van der Waals surface area (Å²) in [5.74, 6) is 1.01. The van der Waals surface area contributed by atoms with Crippen molar-refractivity contribution in [1.82, 2.24) is 4.90 Å². The Labute approximate surface area is 187 Å². The first-order valence-electron chi connectivity index (χ1n) is 10.1. The number of nitrogens with zero attached hydrogens (tertiary/aromatic N) is 1. The first-order chi connectivity index (χ1) is 14.5. The van der Waals surface area contributed by atoms with Gasteiger partial charge in [-0.25, -0.2) is 0 Å². The molecule has 30 heavy (non-hydrogen) atoms. The summed E-state index contributed by atoms with van der Waals surface area (Å²) >= 11 is 6.69. The summed E-state index contributed by atoms with van der Waals surface area (Å²) in [7, 11) is 3.16. The summed E-state index contributed by atoms with van der Waals surface area (Å²) in [6.07, 6.45) is 6.53. The smallest absolute Gasteiger partial charge is 0.305 e. The zero-order chi connectivity index (χ0) is 21.9. The molecule has 0 atom stereocenters. The highest BCUT2D eigenvalue weighted by atomic mass is 32.2. The second-order valence-electron chi connectivity index (χ2n) is 6.83. The molecule has 164 valence electrons. The molecule has 1 fully saturated rings. The van der Waals surface area contributed by atoms with E-state index in [4.69, 9.17) is 26.4 Å². The molecule has 0 bridgehead atoms. The van der Waals surface area contributed by atoms with Gasteiger partial charge in [-0.05, 0) is 43.0 Å². The molecule has 1 aromatic carbocycles. The molecule has 1 aliphatic rings. The Morgan fingerprint density at radius 1 is 1.13 bits per heavy atom. The fourth-order valence-corrected chi connectivity index (χ4v) is 4.21. The van der Waals surface area contributed by atoms with E-state index in [1.54, 1.807) is 25.2 Å². The molecule has 1 aliphatic heterocycles. The van der Waals surface area contributed by atoms with Crippen LogP contribution in [0.3, 0.4) is 0 Å². The quantitative estimate of drug-likeness (QED) is 0.196. The van der Waals surface area contributed by atoms with Crippen molar-refractivity contribution >= 4 is 46.3 Å². The third-order valence-electron chi connectivity index (χ3n) is 4.60. The summed E-state index contributed by atoms with van der Waals surface area (Å²) in [5, 5.41) is 0. The van der Waals surface area contributed by atoms with Crippen LogP contribution in [0, 0.1) is 0 Å². The Balaban J connectivity index is 1.83. The van der Waals surface area contributed by atoms with Crippen molar-refractivity contribution < 1.29 is 23.8 Å². The zero-order valence-corrected chi connectivity index (χ0v) is 19.4. The van der Waals surface area contributed by atoms with Crippen LogP contribution in [0.25, 0.3) is 6.08 Å². The van der Waals surface area contributed by atoms with Crippen LogP contribution < -0.4 is 9.47 Å². The van der Waals surface area contributed by atoms with E-state index in [-0.39, 0.29) is 11.9 Å². The molecule has 6 nitrogen and oxygen atoms in total. The van der Waals surface area contributed by atoms with Gasteiger partial charge < -0.3 is 14.2 Å².